The Morgan fingerprint density at radius 1 is 1.21 bits per heavy atom. The Labute approximate surface area is 122 Å². The summed E-state index contributed by atoms with van der Waals surface area (Å²) >= 11 is 0. The van der Waals surface area contributed by atoms with Gasteiger partial charge in [-0.05, 0) is 58.0 Å². The molecule has 4 nitrogen and oxygen atoms in total. The van der Waals surface area contributed by atoms with E-state index in [1.54, 1.807) is 0 Å². The summed E-state index contributed by atoms with van der Waals surface area (Å²) in [5, 5.41) is 3.42. The van der Waals surface area contributed by atoms with Crippen LogP contribution in [0.1, 0.15) is 39.5 Å². The maximum atomic E-state index is 12.0. The number of rotatable bonds is 3. The molecule has 0 saturated carbocycles. The van der Waals surface area contributed by atoms with Crippen LogP contribution in [0.5, 0.6) is 0 Å². The molecule has 0 aromatic rings. The van der Waals surface area contributed by atoms with Gasteiger partial charge < -0.3 is 15.0 Å². The summed E-state index contributed by atoms with van der Waals surface area (Å²) in [6.45, 7) is 8.29. The molecule has 19 heavy (non-hydrogen) atoms. The lowest BCUT2D eigenvalue weighted by Crippen LogP contribution is -2.48. The smallest absolute Gasteiger partial charge is 0.248 e. The predicted octanol–water partition coefficient (Wildman–Crippen LogP) is 1.83. The Morgan fingerprint density at radius 3 is 2.32 bits per heavy atom. The van der Waals surface area contributed by atoms with Crippen molar-refractivity contribution < 1.29 is 9.53 Å². The van der Waals surface area contributed by atoms with E-state index in [2.05, 4.69) is 5.32 Å². The molecule has 2 saturated heterocycles. The third-order valence-corrected chi connectivity index (χ3v) is 4.38. The molecular weight excluding hydrogens is 264 g/mol. The number of halogens is 1. The van der Waals surface area contributed by atoms with Gasteiger partial charge in [0.05, 0.1) is 6.10 Å². The number of hydrogen-bond donors (Lipinski definition) is 1. The number of nitrogens with zero attached hydrogens (tertiary/aromatic N) is 1. The van der Waals surface area contributed by atoms with Crippen molar-refractivity contribution in [2.24, 2.45) is 5.41 Å². The molecular formula is C14H27ClN2O2. The standard InChI is InChI=1S/C14H26N2O2.ClH/c1-12(2)18-11-13(17)16-9-5-14(6-10-16)3-7-15-8-4-14;/h12,15H,3-11H2,1-2H3;1H. The molecule has 2 rings (SSSR count). The average Bonchev–Trinajstić information content (AvgIpc) is 2.38. The second kappa shape index (κ2) is 7.46. The van der Waals surface area contributed by atoms with Gasteiger partial charge in [0.1, 0.15) is 6.61 Å². The highest BCUT2D eigenvalue weighted by molar-refractivity contribution is 5.85. The zero-order valence-electron chi connectivity index (χ0n) is 12.1. The van der Waals surface area contributed by atoms with Crippen LogP contribution in [-0.2, 0) is 9.53 Å². The SMILES string of the molecule is CC(C)OCC(=O)N1CCC2(CCNCC2)CC1.Cl. The summed E-state index contributed by atoms with van der Waals surface area (Å²) in [5.41, 5.74) is 0.515. The summed E-state index contributed by atoms with van der Waals surface area (Å²) < 4.78 is 5.39. The van der Waals surface area contributed by atoms with Gasteiger partial charge in [-0.3, -0.25) is 4.79 Å². The van der Waals surface area contributed by atoms with Crippen molar-refractivity contribution in [2.75, 3.05) is 32.8 Å². The number of hydrogen-bond acceptors (Lipinski definition) is 3. The first-order valence-corrected chi connectivity index (χ1v) is 7.21. The van der Waals surface area contributed by atoms with Crippen molar-refractivity contribution >= 4 is 18.3 Å². The molecule has 0 bridgehead atoms. The topological polar surface area (TPSA) is 41.6 Å². The number of carbonyl (C=O) groups is 1. The van der Waals surface area contributed by atoms with Crippen molar-refractivity contribution in [3.05, 3.63) is 0 Å². The number of carbonyl (C=O) groups excluding carboxylic acids is 1. The molecule has 1 spiro atoms. The summed E-state index contributed by atoms with van der Waals surface area (Å²) in [5.74, 6) is 0.160. The van der Waals surface area contributed by atoms with E-state index >= 15 is 0 Å². The molecule has 0 unspecified atom stereocenters. The van der Waals surface area contributed by atoms with Crippen molar-refractivity contribution in [1.29, 1.82) is 0 Å². The summed E-state index contributed by atoms with van der Waals surface area (Å²) in [7, 11) is 0. The van der Waals surface area contributed by atoms with Crippen LogP contribution in [0.15, 0.2) is 0 Å². The lowest BCUT2D eigenvalue weighted by atomic mass is 9.71. The molecule has 1 amide bonds. The van der Waals surface area contributed by atoms with E-state index in [0.717, 1.165) is 26.2 Å². The maximum absolute atomic E-state index is 12.0. The first-order chi connectivity index (χ1) is 8.61. The molecule has 2 aliphatic rings. The van der Waals surface area contributed by atoms with E-state index in [9.17, 15) is 4.79 Å². The van der Waals surface area contributed by atoms with Crippen LogP contribution < -0.4 is 5.32 Å². The summed E-state index contributed by atoms with van der Waals surface area (Å²) in [4.78, 5) is 13.9. The minimum atomic E-state index is 0. The van der Waals surface area contributed by atoms with Gasteiger partial charge in [-0.1, -0.05) is 0 Å². The lowest BCUT2D eigenvalue weighted by Gasteiger charge is -2.44. The van der Waals surface area contributed by atoms with Crippen LogP contribution in [0, 0.1) is 5.41 Å². The minimum Gasteiger partial charge on any atom is -0.369 e. The first-order valence-electron chi connectivity index (χ1n) is 7.21. The van der Waals surface area contributed by atoms with Crippen LogP contribution in [-0.4, -0.2) is 49.7 Å². The maximum Gasteiger partial charge on any atom is 0.248 e. The van der Waals surface area contributed by atoms with Gasteiger partial charge in [-0.2, -0.15) is 0 Å². The van der Waals surface area contributed by atoms with Crippen molar-refractivity contribution in [1.82, 2.24) is 10.2 Å². The largest absolute Gasteiger partial charge is 0.369 e. The van der Waals surface area contributed by atoms with Crippen LogP contribution in [0.3, 0.4) is 0 Å². The zero-order valence-corrected chi connectivity index (χ0v) is 12.9. The van der Waals surface area contributed by atoms with Gasteiger partial charge in [-0.15, -0.1) is 12.4 Å². The fourth-order valence-corrected chi connectivity index (χ4v) is 3.02. The van der Waals surface area contributed by atoms with Gasteiger partial charge in [0, 0.05) is 13.1 Å². The number of piperidine rings is 2. The van der Waals surface area contributed by atoms with Gasteiger partial charge in [0.15, 0.2) is 0 Å². The van der Waals surface area contributed by atoms with E-state index in [1.807, 2.05) is 18.7 Å². The van der Waals surface area contributed by atoms with Crippen LogP contribution in [0.25, 0.3) is 0 Å². The van der Waals surface area contributed by atoms with E-state index in [0.29, 0.717) is 5.41 Å². The Bertz CT molecular complexity index is 281. The molecule has 0 aliphatic carbocycles. The number of nitrogens with one attached hydrogen (secondary N) is 1. The van der Waals surface area contributed by atoms with Crippen LogP contribution in [0.2, 0.25) is 0 Å². The molecule has 0 radical (unpaired) electrons. The monoisotopic (exact) mass is 290 g/mol. The van der Waals surface area contributed by atoms with Gasteiger partial charge in [-0.25, -0.2) is 0 Å². The summed E-state index contributed by atoms with van der Waals surface area (Å²) in [6, 6.07) is 0. The summed E-state index contributed by atoms with van der Waals surface area (Å²) in [6.07, 6.45) is 5.02. The van der Waals surface area contributed by atoms with E-state index < -0.39 is 0 Å². The van der Waals surface area contributed by atoms with E-state index in [-0.39, 0.29) is 31.0 Å². The van der Waals surface area contributed by atoms with Crippen molar-refractivity contribution in [2.45, 2.75) is 45.6 Å². The van der Waals surface area contributed by atoms with Crippen molar-refractivity contribution in [3.63, 3.8) is 0 Å². The molecule has 2 aliphatic heterocycles. The fourth-order valence-electron chi connectivity index (χ4n) is 3.02. The van der Waals surface area contributed by atoms with Gasteiger partial charge in [0.25, 0.3) is 0 Å². The second-order valence-corrected chi connectivity index (χ2v) is 5.99. The van der Waals surface area contributed by atoms with Crippen LogP contribution >= 0.6 is 12.4 Å². The predicted molar refractivity (Wildman–Crippen MR) is 78.7 cm³/mol. The Kier molecular flexibility index (Phi) is 6.57. The molecule has 0 aromatic heterocycles. The molecule has 2 heterocycles. The second-order valence-electron chi connectivity index (χ2n) is 5.99. The third kappa shape index (κ3) is 4.62. The molecule has 112 valence electrons. The first kappa shape index (κ1) is 16.7. The van der Waals surface area contributed by atoms with Gasteiger partial charge >= 0.3 is 0 Å². The Morgan fingerprint density at radius 2 is 1.79 bits per heavy atom. The molecule has 1 N–H and O–H groups in total. The Balaban J connectivity index is 0.00000180. The molecule has 5 heteroatoms. The zero-order chi connectivity index (χ0) is 13.0. The number of likely N-dealkylation sites (tertiary alicyclic amines) is 1. The highest BCUT2D eigenvalue weighted by Gasteiger charge is 2.36. The third-order valence-electron chi connectivity index (χ3n) is 4.38. The molecule has 0 atom stereocenters. The molecule has 2 fully saturated rings. The van der Waals surface area contributed by atoms with E-state index in [1.165, 1.54) is 25.7 Å². The Hall–Kier alpha value is -0.320. The fraction of sp³-hybridized carbons (Fsp3) is 0.929. The minimum absolute atomic E-state index is 0. The number of ether oxygens (including phenoxy) is 1. The highest BCUT2D eigenvalue weighted by atomic mass is 35.5. The number of amides is 1. The van der Waals surface area contributed by atoms with E-state index in [4.69, 9.17) is 4.74 Å². The van der Waals surface area contributed by atoms with Crippen molar-refractivity contribution in [3.8, 4) is 0 Å². The molecule has 0 aromatic carbocycles. The quantitative estimate of drug-likeness (QED) is 0.862. The highest BCUT2D eigenvalue weighted by Crippen LogP contribution is 2.39. The van der Waals surface area contributed by atoms with Crippen LogP contribution in [0.4, 0.5) is 0 Å². The normalized spacial score (nSPS) is 22.4. The van der Waals surface area contributed by atoms with Gasteiger partial charge in [0.2, 0.25) is 5.91 Å². The lowest BCUT2D eigenvalue weighted by molar-refractivity contribution is -0.140. The average molecular weight is 291 g/mol.